The van der Waals surface area contributed by atoms with Crippen LogP contribution in [0.1, 0.15) is 18.9 Å². The molecule has 0 saturated heterocycles. The van der Waals surface area contributed by atoms with Gasteiger partial charge in [0.25, 0.3) is 0 Å². The number of rotatable bonds is 8. The van der Waals surface area contributed by atoms with E-state index >= 15 is 0 Å². The number of benzene rings is 2. The summed E-state index contributed by atoms with van der Waals surface area (Å²) in [6.45, 7) is 5.07. The van der Waals surface area contributed by atoms with Crippen LogP contribution in [0.2, 0.25) is 0 Å². The Balaban J connectivity index is 1.78. The number of carbonyl (C=O) groups excluding carboxylic acids is 1. The minimum atomic E-state index is -0.490. The van der Waals surface area contributed by atoms with E-state index in [1.165, 1.54) is 0 Å². The van der Waals surface area contributed by atoms with Crippen LogP contribution in [0.4, 0.5) is 0 Å². The zero-order chi connectivity index (χ0) is 19.2. The summed E-state index contributed by atoms with van der Waals surface area (Å²) in [4.78, 5) is 11.4. The SMILES string of the molecule is C=C(C)C(=O)OCOc1ccc2cc(-c3ccccc3CCCO)oc2c1. The maximum Gasteiger partial charge on any atom is 0.335 e. The fourth-order valence-corrected chi connectivity index (χ4v) is 2.76. The Kier molecular flexibility index (Phi) is 5.94. The van der Waals surface area contributed by atoms with Crippen molar-refractivity contribution in [3.63, 3.8) is 0 Å². The van der Waals surface area contributed by atoms with Gasteiger partial charge in [0.1, 0.15) is 17.1 Å². The summed E-state index contributed by atoms with van der Waals surface area (Å²) in [5, 5.41) is 10.0. The number of aliphatic hydroxyl groups excluding tert-OH is 1. The number of ether oxygens (including phenoxy) is 2. The summed E-state index contributed by atoms with van der Waals surface area (Å²) in [5.41, 5.74) is 3.16. The molecule has 1 N–H and O–H groups in total. The fraction of sp³-hybridized carbons (Fsp3) is 0.227. The van der Waals surface area contributed by atoms with Crippen molar-refractivity contribution in [2.45, 2.75) is 19.8 Å². The molecule has 3 rings (SSSR count). The second-order valence-electron chi connectivity index (χ2n) is 6.27. The molecular formula is C22H22O5. The molecule has 0 atom stereocenters. The van der Waals surface area contributed by atoms with E-state index < -0.39 is 5.97 Å². The third-order valence-corrected chi connectivity index (χ3v) is 4.14. The molecule has 0 unspecified atom stereocenters. The van der Waals surface area contributed by atoms with Gasteiger partial charge in [0, 0.05) is 29.2 Å². The van der Waals surface area contributed by atoms with E-state index in [9.17, 15) is 4.79 Å². The van der Waals surface area contributed by atoms with Gasteiger partial charge in [-0.1, -0.05) is 30.8 Å². The van der Waals surface area contributed by atoms with E-state index in [0.717, 1.165) is 28.7 Å². The van der Waals surface area contributed by atoms with Gasteiger partial charge in [-0.15, -0.1) is 0 Å². The van der Waals surface area contributed by atoms with E-state index in [4.69, 9.17) is 19.0 Å². The Morgan fingerprint density at radius 3 is 2.78 bits per heavy atom. The molecule has 3 aromatic rings. The topological polar surface area (TPSA) is 68.9 Å². The highest BCUT2D eigenvalue weighted by molar-refractivity contribution is 5.87. The monoisotopic (exact) mass is 366 g/mol. The summed E-state index contributed by atoms with van der Waals surface area (Å²) >= 11 is 0. The Labute approximate surface area is 157 Å². The molecule has 0 bridgehead atoms. The second kappa shape index (κ2) is 8.56. The molecule has 0 fully saturated rings. The highest BCUT2D eigenvalue weighted by Gasteiger charge is 2.11. The molecule has 0 radical (unpaired) electrons. The molecule has 140 valence electrons. The van der Waals surface area contributed by atoms with Crippen molar-refractivity contribution in [2.24, 2.45) is 0 Å². The lowest BCUT2D eigenvalue weighted by molar-refractivity contribution is -0.145. The first-order valence-electron chi connectivity index (χ1n) is 8.76. The van der Waals surface area contributed by atoms with Crippen molar-refractivity contribution in [1.29, 1.82) is 0 Å². The van der Waals surface area contributed by atoms with Gasteiger partial charge in [0.2, 0.25) is 6.79 Å². The number of esters is 1. The normalized spacial score (nSPS) is 10.7. The van der Waals surface area contributed by atoms with Crippen molar-refractivity contribution in [2.75, 3.05) is 13.4 Å². The van der Waals surface area contributed by atoms with Crippen LogP contribution in [-0.4, -0.2) is 24.5 Å². The summed E-state index contributed by atoms with van der Waals surface area (Å²) in [5.74, 6) is 0.826. The number of carbonyl (C=O) groups is 1. The second-order valence-corrected chi connectivity index (χ2v) is 6.27. The summed E-state index contributed by atoms with van der Waals surface area (Å²) in [7, 11) is 0. The fourth-order valence-electron chi connectivity index (χ4n) is 2.76. The molecule has 0 aliphatic carbocycles. The van der Waals surface area contributed by atoms with Gasteiger partial charge in [0.15, 0.2) is 0 Å². The molecule has 0 saturated carbocycles. The highest BCUT2D eigenvalue weighted by atomic mass is 16.7. The summed E-state index contributed by atoms with van der Waals surface area (Å²) < 4.78 is 16.4. The van der Waals surface area contributed by atoms with Crippen LogP contribution >= 0.6 is 0 Å². The molecule has 0 spiro atoms. The molecule has 2 aromatic carbocycles. The van der Waals surface area contributed by atoms with Crippen LogP contribution in [-0.2, 0) is 16.0 Å². The lowest BCUT2D eigenvalue weighted by atomic mass is 10.0. The zero-order valence-electron chi connectivity index (χ0n) is 15.2. The molecule has 5 heteroatoms. The predicted octanol–water partition coefficient (Wildman–Crippen LogP) is 4.48. The predicted molar refractivity (Wildman–Crippen MR) is 103 cm³/mol. The molecule has 1 heterocycles. The van der Waals surface area contributed by atoms with Gasteiger partial charge in [-0.3, -0.25) is 0 Å². The van der Waals surface area contributed by atoms with Crippen LogP contribution in [0.5, 0.6) is 5.75 Å². The average molecular weight is 366 g/mol. The minimum absolute atomic E-state index is 0.158. The maximum atomic E-state index is 11.4. The molecule has 5 nitrogen and oxygen atoms in total. The van der Waals surface area contributed by atoms with Crippen molar-refractivity contribution < 1.29 is 23.8 Å². The van der Waals surface area contributed by atoms with Gasteiger partial charge >= 0.3 is 5.97 Å². The molecule has 0 aliphatic rings. The highest BCUT2D eigenvalue weighted by Crippen LogP contribution is 2.32. The third kappa shape index (κ3) is 4.57. The number of hydrogen-bond acceptors (Lipinski definition) is 5. The minimum Gasteiger partial charge on any atom is -0.457 e. The zero-order valence-corrected chi connectivity index (χ0v) is 15.2. The van der Waals surface area contributed by atoms with E-state index in [1.54, 1.807) is 19.1 Å². The van der Waals surface area contributed by atoms with Gasteiger partial charge in [-0.05, 0) is 43.5 Å². The Bertz CT molecular complexity index is 954. The van der Waals surface area contributed by atoms with Crippen LogP contribution in [0.3, 0.4) is 0 Å². The van der Waals surface area contributed by atoms with Crippen molar-refractivity contribution >= 4 is 16.9 Å². The molecule has 0 amide bonds. The standard InChI is InChI=1S/C22H22O5/c1-15(2)22(24)26-14-25-18-10-9-17-12-21(27-20(17)13-18)19-8-4-3-6-16(19)7-5-11-23/h3-4,6,8-10,12-13,23H,1,5,7,11,14H2,2H3. The molecule has 1 aromatic heterocycles. The van der Waals surface area contributed by atoms with Crippen LogP contribution < -0.4 is 4.74 Å². The van der Waals surface area contributed by atoms with Crippen molar-refractivity contribution in [3.8, 4) is 17.1 Å². The Morgan fingerprint density at radius 1 is 1.19 bits per heavy atom. The molecule has 0 aliphatic heterocycles. The Hall–Kier alpha value is -3.05. The third-order valence-electron chi connectivity index (χ3n) is 4.14. The van der Waals surface area contributed by atoms with E-state index in [1.807, 2.05) is 36.4 Å². The first-order valence-corrected chi connectivity index (χ1v) is 8.76. The summed E-state index contributed by atoms with van der Waals surface area (Å²) in [6.07, 6.45) is 1.49. The first-order chi connectivity index (χ1) is 13.1. The molecular weight excluding hydrogens is 344 g/mol. The largest absolute Gasteiger partial charge is 0.457 e. The molecule has 27 heavy (non-hydrogen) atoms. The smallest absolute Gasteiger partial charge is 0.335 e. The lowest BCUT2D eigenvalue weighted by Gasteiger charge is -2.07. The number of aryl methyl sites for hydroxylation is 1. The van der Waals surface area contributed by atoms with Crippen LogP contribution in [0.25, 0.3) is 22.3 Å². The van der Waals surface area contributed by atoms with Crippen molar-refractivity contribution in [1.82, 2.24) is 0 Å². The van der Waals surface area contributed by atoms with Gasteiger partial charge in [-0.2, -0.15) is 0 Å². The first kappa shape index (κ1) is 18.7. The van der Waals surface area contributed by atoms with E-state index in [2.05, 4.69) is 6.58 Å². The number of furan rings is 1. The number of aliphatic hydroxyl groups is 1. The number of fused-ring (bicyclic) bond motifs is 1. The average Bonchev–Trinajstić information content (AvgIpc) is 3.09. The van der Waals surface area contributed by atoms with Crippen molar-refractivity contribution in [3.05, 3.63) is 66.2 Å². The number of hydrogen-bond donors (Lipinski definition) is 1. The van der Waals surface area contributed by atoms with Gasteiger partial charge < -0.3 is 19.0 Å². The summed E-state index contributed by atoms with van der Waals surface area (Å²) in [6, 6.07) is 15.5. The van der Waals surface area contributed by atoms with Crippen LogP contribution in [0, 0.1) is 0 Å². The van der Waals surface area contributed by atoms with E-state index in [-0.39, 0.29) is 13.4 Å². The van der Waals surface area contributed by atoms with Crippen LogP contribution in [0.15, 0.2) is 65.1 Å². The lowest BCUT2D eigenvalue weighted by Crippen LogP contribution is -2.10. The Morgan fingerprint density at radius 2 is 2.00 bits per heavy atom. The quantitative estimate of drug-likeness (QED) is 0.362. The maximum absolute atomic E-state index is 11.4. The van der Waals surface area contributed by atoms with Gasteiger partial charge in [0.05, 0.1) is 0 Å². The van der Waals surface area contributed by atoms with Gasteiger partial charge in [-0.25, -0.2) is 4.79 Å². The van der Waals surface area contributed by atoms with E-state index in [0.29, 0.717) is 23.3 Å².